The molecule has 1 aromatic heterocycles. The molecule has 12 heteroatoms. The summed E-state index contributed by atoms with van der Waals surface area (Å²) in [5, 5.41) is 11.2. The highest BCUT2D eigenvalue weighted by Crippen LogP contribution is 2.27. The highest BCUT2D eigenvalue weighted by atomic mass is 35.5. The van der Waals surface area contributed by atoms with E-state index in [1.807, 2.05) is 35.2 Å². The zero-order valence-electron chi connectivity index (χ0n) is 23.5. The molecular weight excluding hydrogens is 544 g/mol. The Bertz CT molecular complexity index is 1250. The van der Waals surface area contributed by atoms with Crippen LogP contribution in [0, 0.1) is 17.2 Å². The summed E-state index contributed by atoms with van der Waals surface area (Å²) in [5.41, 5.74) is 4.59. The lowest BCUT2D eigenvalue weighted by Crippen LogP contribution is -2.51. The number of hydrogen-bond donors (Lipinski definition) is 1. The average Bonchev–Trinajstić information content (AvgIpc) is 3.01. The van der Waals surface area contributed by atoms with E-state index >= 15 is 0 Å². The molecule has 3 saturated heterocycles. The number of hydrazine groups is 1. The molecule has 3 aliphatic heterocycles. The number of benzene rings is 1. The zero-order valence-corrected chi connectivity index (χ0v) is 24.2. The second-order valence-electron chi connectivity index (χ2n) is 11.0. The largest absolute Gasteiger partial charge is 0.381 e. The van der Waals surface area contributed by atoms with E-state index in [9.17, 15) is 14.9 Å². The van der Waals surface area contributed by atoms with Gasteiger partial charge in [-0.3, -0.25) is 24.9 Å². The van der Waals surface area contributed by atoms with Crippen molar-refractivity contribution in [3.8, 4) is 6.07 Å². The van der Waals surface area contributed by atoms with Gasteiger partial charge in [0, 0.05) is 57.4 Å². The number of hydrogen-bond acceptors (Lipinski definition) is 9. The van der Waals surface area contributed by atoms with Crippen molar-refractivity contribution in [3.63, 3.8) is 0 Å². The lowest BCUT2D eigenvalue weighted by atomic mass is 9.94. The number of piperidine rings is 1. The van der Waals surface area contributed by atoms with Gasteiger partial charge in [0.05, 0.1) is 12.2 Å². The fraction of sp³-hybridized carbons (Fsp3) is 0.552. The minimum atomic E-state index is -0.292. The predicted molar refractivity (Wildman–Crippen MR) is 154 cm³/mol. The molecule has 1 aromatic carbocycles. The Morgan fingerprint density at radius 1 is 1.07 bits per heavy atom. The molecule has 0 atom stereocenters. The fourth-order valence-electron chi connectivity index (χ4n) is 5.66. The normalized spacial score (nSPS) is 19.5. The van der Waals surface area contributed by atoms with Gasteiger partial charge < -0.3 is 14.5 Å². The van der Waals surface area contributed by atoms with E-state index in [4.69, 9.17) is 16.3 Å². The monoisotopic (exact) mass is 580 g/mol. The summed E-state index contributed by atoms with van der Waals surface area (Å²) < 4.78 is 5.49. The van der Waals surface area contributed by atoms with Crippen LogP contribution in [0.4, 0.5) is 5.82 Å². The van der Waals surface area contributed by atoms with Crippen LogP contribution in [0.5, 0.6) is 0 Å². The molecule has 218 valence electrons. The summed E-state index contributed by atoms with van der Waals surface area (Å²) in [5.74, 6) is 0.416. The molecule has 3 fully saturated rings. The first kappa shape index (κ1) is 29.2. The second kappa shape index (κ2) is 13.6. The van der Waals surface area contributed by atoms with Gasteiger partial charge in [-0.25, -0.2) is 4.98 Å². The molecule has 41 heavy (non-hydrogen) atoms. The molecule has 0 radical (unpaired) electrons. The van der Waals surface area contributed by atoms with Crippen molar-refractivity contribution in [2.75, 3.05) is 64.5 Å². The Labute approximate surface area is 246 Å². The summed E-state index contributed by atoms with van der Waals surface area (Å²) in [6.07, 6.45) is 4.50. The van der Waals surface area contributed by atoms with Crippen LogP contribution in [0.1, 0.15) is 47.4 Å². The number of carbonyl (C=O) groups is 2. The number of anilines is 1. The lowest BCUT2D eigenvalue weighted by Gasteiger charge is -2.37. The maximum Gasteiger partial charge on any atom is 0.269 e. The van der Waals surface area contributed by atoms with Crippen molar-refractivity contribution in [2.45, 2.75) is 38.3 Å². The molecule has 11 nitrogen and oxygen atoms in total. The van der Waals surface area contributed by atoms with Crippen molar-refractivity contribution in [1.82, 2.24) is 30.1 Å². The minimum absolute atomic E-state index is 0.0206. The number of piperazine rings is 1. The summed E-state index contributed by atoms with van der Waals surface area (Å²) in [4.78, 5) is 41.1. The average molecular weight is 581 g/mol. The summed E-state index contributed by atoms with van der Waals surface area (Å²) in [7, 11) is 2.10. The summed E-state index contributed by atoms with van der Waals surface area (Å²) in [6.45, 7) is 7.21. The fourth-order valence-corrected chi connectivity index (χ4v) is 5.84. The first-order valence-corrected chi connectivity index (χ1v) is 14.7. The molecule has 2 amide bonds. The number of likely N-dealkylation sites (tertiary alicyclic amines) is 1. The number of halogens is 1. The number of aromatic nitrogens is 2. The molecular formula is C29H37ClN8O3. The first-order chi connectivity index (χ1) is 19.9. The topological polar surface area (TPSA) is 118 Å². The third-order valence-electron chi connectivity index (χ3n) is 8.21. The smallest absolute Gasteiger partial charge is 0.269 e. The number of rotatable bonds is 7. The second-order valence-corrected chi connectivity index (χ2v) is 11.4. The summed E-state index contributed by atoms with van der Waals surface area (Å²) >= 11 is 6.39. The van der Waals surface area contributed by atoms with Crippen LogP contribution >= 0.6 is 11.6 Å². The van der Waals surface area contributed by atoms with E-state index in [1.165, 1.54) is 6.20 Å². The van der Waals surface area contributed by atoms with E-state index in [-0.39, 0.29) is 28.7 Å². The maximum atomic E-state index is 13.3. The Balaban J connectivity index is 1.17. The SMILES string of the molecule is CN1CCN(C(=O)C2CCN(Cc3ccc(C(=O)NN(c4nc(C#N)ncc4Cl)C4CCOCC4)cc3)CC2)CC1. The molecule has 2 aromatic rings. The van der Waals surface area contributed by atoms with Crippen molar-refractivity contribution in [2.24, 2.45) is 5.92 Å². The van der Waals surface area contributed by atoms with Gasteiger partial charge in [0.15, 0.2) is 5.82 Å². The number of nitriles is 1. The van der Waals surface area contributed by atoms with E-state index < -0.39 is 0 Å². The first-order valence-electron chi connectivity index (χ1n) is 14.3. The van der Waals surface area contributed by atoms with Crippen molar-refractivity contribution in [1.29, 1.82) is 5.26 Å². The Hall–Kier alpha value is -3.30. The number of carbonyl (C=O) groups excluding carboxylic acids is 2. The molecule has 3 aliphatic rings. The highest BCUT2D eigenvalue weighted by Gasteiger charge is 2.30. The maximum absolute atomic E-state index is 13.3. The lowest BCUT2D eigenvalue weighted by molar-refractivity contribution is -0.138. The summed E-state index contributed by atoms with van der Waals surface area (Å²) in [6, 6.07) is 9.43. The van der Waals surface area contributed by atoms with Crippen LogP contribution in [0.25, 0.3) is 0 Å². The number of likely N-dealkylation sites (N-methyl/N-ethyl adjacent to an activating group) is 1. The third-order valence-corrected chi connectivity index (χ3v) is 8.47. The van der Waals surface area contributed by atoms with Gasteiger partial charge in [-0.05, 0) is 63.5 Å². The van der Waals surface area contributed by atoms with Crippen molar-refractivity contribution < 1.29 is 14.3 Å². The Kier molecular flexibility index (Phi) is 9.67. The molecule has 1 N–H and O–H groups in total. The van der Waals surface area contributed by atoms with Gasteiger partial charge in [0.25, 0.3) is 5.91 Å². The molecule has 0 spiro atoms. The molecule has 0 aliphatic carbocycles. The Morgan fingerprint density at radius 2 is 1.76 bits per heavy atom. The zero-order chi connectivity index (χ0) is 28.8. The van der Waals surface area contributed by atoms with Gasteiger partial charge >= 0.3 is 0 Å². The molecule has 0 bridgehead atoms. The highest BCUT2D eigenvalue weighted by molar-refractivity contribution is 6.32. The molecule has 5 rings (SSSR count). The predicted octanol–water partition coefficient (Wildman–Crippen LogP) is 2.32. The molecule has 4 heterocycles. The molecule has 0 unspecified atom stereocenters. The van der Waals surface area contributed by atoms with Gasteiger partial charge in [0.2, 0.25) is 11.7 Å². The van der Waals surface area contributed by atoms with Crippen molar-refractivity contribution >= 4 is 29.2 Å². The number of amides is 2. The quantitative estimate of drug-likeness (QED) is 0.492. The number of nitrogens with zero attached hydrogens (tertiary/aromatic N) is 7. The Morgan fingerprint density at radius 3 is 2.41 bits per heavy atom. The van der Waals surface area contributed by atoms with Gasteiger partial charge in [0.1, 0.15) is 11.1 Å². The number of ether oxygens (including phenoxy) is 1. The van der Waals surface area contributed by atoms with E-state index in [0.717, 1.165) is 64.2 Å². The van der Waals surface area contributed by atoms with Crippen LogP contribution in [0.2, 0.25) is 5.02 Å². The van der Waals surface area contributed by atoms with Gasteiger partial charge in [-0.1, -0.05) is 23.7 Å². The van der Waals surface area contributed by atoms with Crippen LogP contribution < -0.4 is 10.4 Å². The van der Waals surface area contributed by atoms with Crippen LogP contribution in [0.3, 0.4) is 0 Å². The minimum Gasteiger partial charge on any atom is -0.381 e. The van der Waals surface area contributed by atoms with Gasteiger partial charge in [-0.15, -0.1) is 0 Å². The van der Waals surface area contributed by atoms with Gasteiger partial charge in [-0.2, -0.15) is 10.2 Å². The third kappa shape index (κ3) is 7.32. The van der Waals surface area contributed by atoms with E-state index in [0.29, 0.717) is 43.3 Å². The molecule has 0 saturated carbocycles. The number of nitrogens with one attached hydrogen (secondary N) is 1. The van der Waals surface area contributed by atoms with E-state index in [1.54, 1.807) is 5.01 Å². The van der Waals surface area contributed by atoms with E-state index in [2.05, 4.69) is 32.2 Å². The standard InChI is InChI=1S/C29H37ClN8O3/c1-35-12-14-37(15-13-35)29(40)23-6-10-36(11-7-23)20-21-2-4-22(5-3-21)28(39)34-38(24-8-16-41-17-9-24)27-25(30)19-32-26(18-31)33-27/h2-5,19,23-24H,6-17,20H2,1H3,(H,34,39). The van der Waals surface area contributed by atoms with Crippen LogP contribution in [-0.4, -0.2) is 102 Å². The van der Waals surface area contributed by atoms with Crippen molar-refractivity contribution in [3.05, 3.63) is 52.4 Å². The van der Waals surface area contributed by atoms with Crippen LogP contribution in [0.15, 0.2) is 30.5 Å². The van der Waals surface area contributed by atoms with Crippen LogP contribution in [-0.2, 0) is 16.1 Å².